The first-order chi connectivity index (χ1) is 12.8. The van der Waals surface area contributed by atoms with Gasteiger partial charge in [0.25, 0.3) is 0 Å². The second kappa shape index (κ2) is 7.44. The van der Waals surface area contributed by atoms with E-state index in [1.807, 2.05) is 0 Å². The van der Waals surface area contributed by atoms with Crippen LogP contribution in [0.5, 0.6) is 0 Å². The van der Waals surface area contributed by atoms with Crippen molar-refractivity contribution in [1.82, 2.24) is 28.8 Å². The molecular formula is C14H19N7O5S. The highest BCUT2D eigenvalue weighted by Crippen LogP contribution is 2.17. The van der Waals surface area contributed by atoms with Crippen molar-refractivity contribution in [3.05, 3.63) is 34.9 Å². The molecule has 0 aromatic carbocycles. The quantitative estimate of drug-likeness (QED) is 0.471. The summed E-state index contributed by atoms with van der Waals surface area (Å²) in [5.74, 6) is -0.147. The van der Waals surface area contributed by atoms with Gasteiger partial charge in [-0.2, -0.15) is 14.5 Å². The van der Waals surface area contributed by atoms with Crippen molar-refractivity contribution in [2.24, 2.45) is 7.05 Å². The number of carbonyl (C=O) groups excluding carboxylic acids is 1. The van der Waals surface area contributed by atoms with E-state index in [9.17, 15) is 23.3 Å². The van der Waals surface area contributed by atoms with Crippen molar-refractivity contribution in [2.45, 2.75) is 17.9 Å². The van der Waals surface area contributed by atoms with Gasteiger partial charge in [0.1, 0.15) is 17.3 Å². The molecule has 0 atom stereocenters. The summed E-state index contributed by atoms with van der Waals surface area (Å²) in [6.45, 7) is 1.21. The van der Waals surface area contributed by atoms with Gasteiger partial charge in [-0.05, 0) is 0 Å². The van der Waals surface area contributed by atoms with Crippen LogP contribution in [0.15, 0.2) is 29.7 Å². The smallest absolute Gasteiger partial charge is 0.306 e. The van der Waals surface area contributed by atoms with Gasteiger partial charge in [0, 0.05) is 52.4 Å². The fraction of sp³-hybridized carbons (Fsp3) is 0.500. The molecular weight excluding hydrogens is 378 g/mol. The van der Waals surface area contributed by atoms with Crippen LogP contribution in [0.1, 0.15) is 6.42 Å². The average Bonchev–Trinajstić information content (AvgIpc) is 3.29. The topological polar surface area (TPSA) is 136 Å². The molecule has 0 bridgehead atoms. The Bertz CT molecular complexity index is 943. The Morgan fingerprint density at radius 1 is 1.19 bits per heavy atom. The Hall–Kier alpha value is -2.80. The zero-order valence-electron chi connectivity index (χ0n) is 14.6. The lowest BCUT2D eigenvalue weighted by molar-refractivity contribution is -0.385. The van der Waals surface area contributed by atoms with Gasteiger partial charge in [0.15, 0.2) is 0 Å². The first-order valence-electron chi connectivity index (χ1n) is 8.21. The van der Waals surface area contributed by atoms with Crippen LogP contribution in [-0.4, -0.2) is 74.2 Å². The summed E-state index contributed by atoms with van der Waals surface area (Å²) in [6, 6.07) is 0. The molecule has 3 heterocycles. The lowest BCUT2D eigenvalue weighted by Gasteiger charge is -2.33. The highest BCUT2D eigenvalue weighted by Gasteiger charge is 2.30. The predicted molar refractivity (Wildman–Crippen MR) is 92.0 cm³/mol. The maximum absolute atomic E-state index is 12.5. The molecule has 12 nitrogen and oxygen atoms in total. The third-order valence-electron chi connectivity index (χ3n) is 4.30. The molecule has 2 aromatic rings. The first kappa shape index (κ1) is 19.0. The molecule has 1 aliphatic heterocycles. The van der Waals surface area contributed by atoms with Crippen molar-refractivity contribution in [3.63, 3.8) is 0 Å². The number of hydrogen-bond acceptors (Lipinski definition) is 7. The number of aryl methyl sites for hydroxylation is 2. The largest absolute Gasteiger partial charge is 0.340 e. The number of amides is 1. The number of piperazine rings is 1. The third kappa shape index (κ3) is 4.14. The van der Waals surface area contributed by atoms with E-state index in [2.05, 4.69) is 10.2 Å². The Morgan fingerprint density at radius 2 is 1.89 bits per heavy atom. The summed E-state index contributed by atoms with van der Waals surface area (Å²) in [7, 11) is -1.97. The van der Waals surface area contributed by atoms with Crippen LogP contribution < -0.4 is 0 Å². The third-order valence-corrected chi connectivity index (χ3v) is 6.15. The number of carbonyl (C=O) groups is 1. The van der Waals surface area contributed by atoms with Gasteiger partial charge in [-0.1, -0.05) is 0 Å². The van der Waals surface area contributed by atoms with Gasteiger partial charge in [-0.3, -0.25) is 24.3 Å². The molecule has 13 heteroatoms. The van der Waals surface area contributed by atoms with E-state index in [1.54, 1.807) is 11.9 Å². The van der Waals surface area contributed by atoms with E-state index in [4.69, 9.17) is 0 Å². The molecule has 146 valence electrons. The summed E-state index contributed by atoms with van der Waals surface area (Å²) < 4.78 is 29.2. The zero-order valence-corrected chi connectivity index (χ0v) is 15.4. The van der Waals surface area contributed by atoms with Gasteiger partial charge in [0.2, 0.25) is 15.9 Å². The van der Waals surface area contributed by atoms with Gasteiger partial charge >= 0.3 is 5.69 Å². The van der Waals surface area contributed by atoms with Gasteiger partial charge in [-0.25, -0.2) is 8.42 Å². The molecule has 1 saturated heterocycles. The normalized spacial score (nSPS) is 15.8. The van der Waals surface area contributed by atoms with E-state index in [1.165, 1.54) is 32.3 Å². The van der Waals surface area contributed by atoms with E-state index < -0.39 is 14.9 Å². The van der Waals surface area contributed by atoms with Crippen LogP contribution in [0.2, 0.25) is 0 Å². The van der Waals surface area contributed by atoms with Gasteiger partial charge in [-0.15, -0.1) is 0 Å². The molecule has 0 saturated carbocycles. The van der Waals surface area contributed by atoms with Crippen LogP contribution in [0, 0.1) is 10.1 Å². The molecule has 27 heavy (non-hydrogen) atoms. The predicted octanol–water partition coefficient (Wildman–Crippen LogP) is -0.552. The van der Waals surface area contributed by atoms with Crippen molar-refractivity contribution in [3.8, 4) is 0 Å². The maximum atomic E-state index is 12.5. The summed E-state index contributed by atoms with van der Waals surface area (Å²) >= 11 is 0. The zero-order chi connectivity index (χ0) is 19.6. The highest BCUT2D eigenvalue weighted by atomic mass is 32.2. The van der Waals surface area contributed by atoms with E-state index >= 15 is 0 Å². The number of nitrogens with zero attached hydrogens (tertiary/aromatic N) is 7. The van der Waals surface area contributed by atoms with Crippen molar-refractivity contribution in [1.29, 1.82) is 0 Å². The lowest BCUT2D eigenvalue weighted by Crippen LogP contribution is -2.50. The fourth-order valence-electron chi connectivity index (χ4n) is 2.80. The van der Waals surface area contributed by atoms with E-state index in [0.717, 1.165) is 6.20 Å². The monoisotopic (exact) mass is 397 g/mol. The Balaban J connectivity index is 1.52. The summed E-state index contributed by atoms with van der Waals surface area (Å²) in [4.78, 5) is 24.1. The second-order valence-corrected chi connectivity index (χ2v) is 8.04. The van der Waals surface area contributed by atoms with Crippen LogP contribution in [0.4, 0.5) is 5.69 Å². The molecule has 0 unspecified atom stereocenters. The Kier molecular flexibility index (Phi) is 5.23. The van der Waals surface area contributed by atoms with Crippen LogP contribution >= 0.6 is 0 Å². The van der Waals surface area contributed by atoms with Crippen molar-refractivity contribution in [2.75, 3.05) is 26.2 Å². The highest BCUT2D eigenvalue weighted by molar-refractivity contribution is 7.89. The summed E-state index contributed by atoms with van der Waals surface area (Å²) in [6.07, 6.45) is 5.28. The molecule has 2 aromatic heterocycles. The molecule has 0 aliphatic carbocycles. The minimum absolute atomic E-state index is 0.128. The van der Waals surface area contributed by atoms with Crippen molar-refractivity contribution < 1.29 is 18.1 Å². The van der Waals surface area contributed by atoms with Crippen molar-refractivity contribution >= 4 is 21.6 Å². The molecule has 3 rings (SSSR count). The number of hydrogen-bond donors (Lipinski definition) is 0. The van der Waals surface area contributed by atoms with Gasteiger partial charge < -0.3 is 4.90 Å². The Morgan fingerprint density at radius 3 is 2.44 bits per heavy atom. The van der Waals surface area contributed by atoms with Crippen LogP contribution in [0.25, 0.3) is 0 Å². The maximum Gasteiger partial charge on any atom is 0.306 e. The fourth-order valence-corrected chi connectivity index (χ4v) is 4.20. The van der Waals surface area contributed by atoms with Crippen LogP contribution in [-0.2, 0) is 28.4 Å². The number of sulfonamides is 1. The molecule has 1 fully saturated rings. The molecule has 1 aliphatic rings. The molecule has 0 spiro atoms. The Labute approximate surface area is 155 Å². The number of nitro groups is 1. The van der Waals surface area contributed by atoms with Crippen LogP contribution in [0.3, 0.4) is 0 Å². The lowest BCUT2D eigenvalue weighted by atomic mass is 10.3. The molecule has 1 amide bonds. The minimum Gasteiger partial charge on any atom is -0.340 e. The number of rotatable bonds is 6. The number of aromatic nitrogens is 4. The van der Waals surface area contributed by atoms with Gasteiger partial charge in [0.05, 0.1) is 11.1 Å². The minimum atomic E-state index is -3.62. The average molecular weight is 397 g/mol. The first-order valence-corrected chi connectivity index (χ1v) is 9.65. The standard InChI is InChI=1S/C14H19N7O5S/c1-17-11-13(9-15-17)27(25,26)20-6-4-18(5-7-20)14(22)2-3-19-10-12(8-16-19)21(23)24/h8-11H,2-7H2,1H3. The van der Waals surface area contributed by atoms with E-state index in [-0.39, 0.29) is 55.6 Å². The molecule has 0 radical (unpaired) electrons. The summed E-state index contributed by atoms with van der Waals surface area (Å²) in [5, 5.41) is 18.4. The SMILES string of the molecule is Cn1cc(S(=O)(=O)N2CCN(C(=O)CCn3cc([N+](=O)[O-])cn3)CC2)cn1. The second-order valence-electron chi connectivity index (χ2n) is 6.10. The van der Waals surface area contributed by atoms with E-state index in [0.29, 0.717) is 0 Å². The summed E-state index contributed by atoms with van der Waals surface area (Å²) in [5.41, 5.74) is -0.128. The molecule has 0 N–H and O–H groups in total.